The Morgan fingerprint density at radius 1 is 1.33 bits per heavy atom. The van der Waals surface area contributed by atoms with Crippen LogP contribution in [0.3, 0.4) is 0 Å². The number of ether oxygens (including phenoxy) is 1. The highest BCUT2D eigenvalue weighted by molar-refractivity contribution is 7.14. The summed E-state index contributed by atoms with van der Waals surface area (Å²) < 4.78 is 5.55. The molecule has 0 bridgehead atoms. The Morgan fingerprint density at radius 3 is 2.71 bits per heavy atom. The van der Waals surface area contributed by atoms with Gasteiger partial charge in [0.05, 0.1) is 15.6 Å². The molecule has 24 heavy (non-hydrogen) atoms. The van der Waals surface area contributed by atoms with Gasteiger partial charge in [0.25, 0.3) is 5.91 Å². The molecule has 0 aliphatic heterocycles. The lowest BCUT2D eigenvalue weighted by Crippen LogP contribution is -2.34. The number of rotatable bonds is 6. The Hall–Kier alpha value is -1.56. The average molecular weight is 385 g/mol. The first-order valence-electron chi connectivity index (χ1n) is 7.45. The zero-order valence-corrected chi connectivity index (χ0v) is 15.9. The van der Waals surface area contributed by atoms with Crippen molar-refractivity contribution in [3.05, 3.63) is 50.1 Å². The van der Waals surface area contributed by atoms with Gasteiger partial charge < -0.3 is 4.74 Å². The van der Waals surface area contributed by atoms with Crippen molar-refractivity contribution in [1.29, 1.82) is 0 Å². The molecule has 1 aromatic carbocycles. The standard InChI is InChI=1S/C17H18Cl2N2O2S/c1-4-13-6-8-16(24-13)10(2)20-21-17(22)11(3)23-15-7-5-12(18)9-14(15)19/h5-9,11H,4H2,1-3H3,(H,21,22)/b20-10+. The molecule has 1 heterocycles. The lowest BCUT2D eigenvalue weighted by molar-refractivity contribution is -0.127. The maximum Gasteiger partial charge on any atom is 0.280 e. The Balaban J connectivity index is 1.96. The summed E-state index contributed by atoms with van der Waals surface area (Å²) in [4.78, 5) is 14.4. The quantitative estimate of drug-likeness (QED) is 0.567. The van der Waals surface area contributed by atoms with Crippen LogP contribution in [0.2, 0.25) is 10.0 Å². The van der Waals surface area contributed by atoms with Crippen LogP contribution in [-0.4, -0.2) is 17.7 Å². The maximum absolute atomic E-state index is 12.1. The number of nitrogens with one attached hydrogen (secondary N) is 1. The van der Waals surface area contributed by atoms with Crippen LogP contribution in [0.15, 0.2) is 35.4 Å². The van der Waals surface area contributed by atoms with Crippen LogP contribution in [0, 0.1) is 0 Å². The largest absolute Gasteiger partial charge is 0.479 e. The SMILES string of the molecule is CCc1ccc(/C(C)=N/NC(=O)C(C)Oc2ccc(Cl)cc2Cl)s1. The van der Waals surface area contributed by atoms with Crippen molar-refractivity contribution in [2.45, 2.75) is 33.3 Å². The van der Waals surface area contributed by atoms with Crippen LogP contribution in [0.5, 0.6) is 5.75 Å². The van der Waals surface area contributed by atoms with Crippen LogP contribution in [0.4, 0.5) is 0 Å². The molecule has 0 spiro atoms. The van der Waals surface area contributed by atoms with Crippen LogP contribution < -0.4 is 10.2 Å². The summed E-state index contributed by atoms with van der Waals surface area (Å²) in [5.41, 5.74) is 3.28. The minimum absolute atomic E-state index is 0.354. The number of carbonyl (C=O) groups is 1. The summed E-state index contributed by atoms with van der Waals surface area (Å²) >= 11 is 13.5. The highest BCUT2D eigenvalue weighted by Gasteiger charge is 2.16. The lowest BCUT2D eigenvalue weighted by atomic mass is 10.3. The number of thiophene rings is 1. The number of carbonyl (C=O) groups excluding carboxylic acids is 1. The molecule has 0 saturated heterocycles. The molecule has 7 heteroatoms. The fraction of sp³-hybridized carbons (Fsp3) is 0.294. The first-order chi connectivity index (χ1) is 11.4. The summed E-state index contributed by atoms with van der Waals surface area (Å²) in [7, 11) is 0. The number of hydrogen-bond acceptors (Lipinski definition) is 4. The molecule has 1 amide bonds. The van der Waals surface area contributed by atoms with Crippen LogP contribution in [0.1, 0.15) is 30.5 Å². The third-order valence-electron chi connectivity index (χ3n) is 3.27. The zero-order valence-electron chi connectivity index (χ0n) is 13.6. The monoisotopic (exact) mass is 384 g/mol. The predicted molar refractivity (Wildman–Crippen MR) is 101 cm³/mol. The number of aryl methyl sites for hydroxylation is 1. The predicted octanol–water partition coefficient (Wildman–Crippen LogP) is 4.93. The van der Waals surface area contributed by atoms with Gasteiger partial charge in [-0.2, -0.15) is 5.10 Å². The van der Waals surface area contributed by atoms with Gasteiger partial charge >= 0.3 is 0 Å². The molecule has 2 aromatic rings. The second kappa shape index (κ2) is 8.51. The summed E-state index contributed by atoms with van der Waals surface area (Å²) in [5, 5.41) is 5.00. The van der Waals surface area contributed by atoms with E-state index in [1.807, 2.05) is 13.0 Å². The molecule has 128 valence electrons. The van der Waals surface area contributed by atoms with Gasteiger partial charge in [-0.05, 0) is 50.6 Å². The van der Waals surface area contributed by atoms with E-state index in [0.717, 1.165) is 17.0 Å². The molecule has 0 aliphatic rings. The molecule has 0 fully saturated rings. The van der Waals surface area contributed by atoms with Crippen molar-refractivity contribution < 1.29 is 9.53 Å². The molecule has 0 radical (unpaired) electrons. The number of amides is 1. The van der Waals surface area contributed by atoms with Gasteiger partial charge in [0.15, 0.2) is 6.10 Å². The summed E-state index contributed by atoms with van der Waals surface area (Å²) in [5.74, 6) is 0.0444. The first-order valence-corrected chi connectivity index (χ1v) is 9.03. The van der Waals surface area contributed by atoms with Crippen molar-refractivity contribution in [3.8, 4) is 5.75 Å². The van der Waals surface area contributed by atoms with Crippen LogP contribution in [-0.2, 0) is 11.2 Å². The molecule has 1 N–H and O–H groups in total. The molecular formula is C17H18Cl2N2O2S. The first kappa shape index (κ1) is 18.8. The molecule has 1 aromatic heterocycles. The summed E-state index contributed by atoms with van der Waals surface area (Å²) in [6.07, 6.45) is 0.242. The van der Waals surface area contributed by atoms with E-state index in [0.29, 0.717) is 15.8 Å². The third-order valence-corrected chi connectivity index (χ3v) is 5.14. The van der Waals surface area contributed by atoms with Gasteiger partial charge in [-0.3, -0.25) is 4.79 Å². The van der Waals surface area contributed by atoms with E-state index in [2.05, 4.69) is 23.5 Å². The average Bonchev–Trinajstić information content (AvgIpc) is 3.04. The minimum Gasteiger partial charge on any atom is -0.479 e. The van der Waals surface area contributed by atoms with Crippen molar-refractivity contribution in [3.63, 3.8) is 0 Å². The van der Waals surface area contributed by atoms with E-state index in [4.69, 9.17) is 27.9 Å². The van der Waals surface area contributed by atoms with Crippen LogP contribution in [0.25, 0.3) is 0 Å². The maximum atomic E-state index is 12.1. The van der Waals surface area contributed by atoms with Crippen molar-refractivity contribution in [2.75, 3.05) is 0 Å². The van der Waals surface area contributed by atoms with Crippen molar-refractivity contribution in [2.24, 2.45) is 5.10 Å². The van der Waals surface area contributed by atoms with Gasteiger partial charge in [0, 0.05) is 9.90 Å². The van der Waals surface area contributed by atoms with E-state index >= 15 is 0 Å². The topological polar surface area (TPSA) is 50.7 Å². The number of nitrogens with zero attached hydrogens (tertiary/aromatic N) is 1. The Bertz CT molecular complexity index is 759. The second-order valence-corrected chi connectivity index (χ2v) is 7.14. The highest BCUT2D eigenvalue weighted by Crippen LogP contribution is 2.28. The smallest absolute Gasteiger partial charge is 0.280 e. The molecule has 1 unspecified atom stereocenters. The molecule has 1 atom stereocenters. The zero-order chi connectivity index (χ0) is 17.7. The van der Waals surface area contributed by atoms with Gasteiger partial charge in [-0.1, -0.05) is 30.1 Å². The lowest BCUT2D eigenvalue weighted by Gasteiger charge is -2.14. The number of hydrazone groups is 1. The summed E-state index contributed by atoms with van der Waals surface area (Å²) in [6, 6.07) is 8.91. The molecule has 0 saturated carbocycles. The Labute approximate surface area is 155 Å². The van der Waals surface area contributed by atoms with Crippen molar-refractivity contribution >= 4 is 46.2 Å². The number of benzene rings is 1. The van der Waals surface area contributed by atoms with Gasteiger partial charge in [-0.15, -0.1) is 11.3 Å². The normalized spacial score (nSPS) is 12.8. The second-order valence-electron chi connectivity index (χ2n) is 5.13. The molecule has 0 aliphatic carbocycles. The molecular weight excluding hydrogens is 367 g/mol. The summed E-state index contributed by atoms with van der Waals surface area (Å²) in [6.45, 7) is 5.59. The Morgan fingerprint density at radius 2 is 2.08 bits per heavy atom. The fourth-order valence-electron chi connectivity index (χ4n) is 1.86. The van der Waals surface area contributed by atoms with E-state index < -0.39 is 6.10 Å². The highest BCUT2D eigenvalue weighted by atomic mass is 35.5. The van der Waals surface area contributed by atoms with Gasteiger partial charge in [0.1, 0.15) is 5.75 Å². The minimum atomic E-state index is -0.741. The van der Waals surface area contributed by atoms with Gasteiger partial charge in [-0.25, -0.2) is 5.43 Å². The third kappa shape index (κ3) is 4.97. The van der Waals surface area contributed by atoms with Crippen molar-refractivity contribution in [1.82, 2.24) is 5.43 Å². The van der Waals surface area contributed by atoms with E-state index in [1.165, 1.54) is 4.88 Å². The molecule has 2 rings (SSSR count). The Kier molecular flexibility index (Phi) is 6.66. The number of hydrogen-bond donors (Lipinski definition) is 1. The number of halogens is 2. The van der Waals surface area contributed by atoms with Crippen LogP contribution >= 0.6 is 34.5 Å². The van der Waals surface area contributed by atoms with E-state index in [1.54, 1.807) is 36.5 Å². The van der Waals surface area contributed by atoms with E-state index in [-0.39, 0.29) is 5.91 Å². The fourth-order valence-corrected chi connectivity index (χ4v) is 3.21. The van der Waals surface area contributed by atoms with Gasteiger partial charge in [0.2, 0.25) is 0 Å². The van der Waals surface area contributed by atoms with E-state index in [9.17, 15) is 4.79 Å². The molecule has 4 nitrogen and oxygen atoms in total.